The van der Waals surface area contributed by atoms with E-state index in [0.717, 1.165) is 35.5 Å². The van der Waals surface area contributed by atoms with Crippen LogP contribution in [0.25, 0.3) is 5.69 Å². The van der Waals surface area contributed by atoms with Crippen LogP contribution in [0.15, 0.2) is 76.6 Å². The van der Waals surface area contributed by atoms with Gasteiger partial charge in [-0.25, -0.2) is 8.42 Å². The Kier molecular flexibility index (Phi) is 9.82. The molecule has 198 valence electrons. The molecule has 7 nitrogen and oxygen atoms in total. The number of piperazine rings is 1. The smallest absolute Gasteiger partial charge is 0.287 e. The van der Waals surface area contributed by atoms with Crippen molar-refractivity contribution >= 4 is 27.5 Å². The highest BCUT2D eigenvalue weighted by Crippen LogP contribution is 2.29. The number of hydrogen-bond acceptors (Lipinski definition) is 6. The summed E-state index contributed by atoms with van der Waals surface area (Å²) in [4.78, 5) is 16.4. The fraction of sp³-hybridized carbons (Fsp3) is 0.429. The predicted molar refractivity (Wildman–Crippen MR) is 152 cm³/mol. The summed E-state index contributed by atoms with van der Waals surface area (Å²) in [6.07, 6.45) is 7.64. The zero-order chi connectivity index (χ0) is 26.1. The highest BCUT2D eigenvalue weighted by Gasteiger charge is 2.29. The molecule has 1 aliphatic rings. The summed E-state index contributed by atoms with van der Waals surface area (Å²) in [7, 11) is -3.41. The maximum absolute atomic E-state index is 13.6. The molecule has 9 heteroatoms. The van der Waals surface area contributed by atoms with E-state index < -0.39 is 10.0 Å². The number of aromatic nitrogens is 2. The van der Waals surface area contributed by atoms with Crippen molar-refractivity contribution in [2.45, 2.75) is 49.7 Å². The highest BCUT2D eigenvalue weighted by atomic mass is 32.2. The van der Waals surface area contributed by atoms with Gasteiger partial charge in [0.05, 0.1) is 28.2 Å². The lowest BCUT2D eigenvalue weighted by atomic mass is 10.2. The van der Waals surface area contributed by atoms with Crippen molar-refractivity contribution < 1.29 is 8.42 Å². The van der Waals surface area contributed by atoms with Crippen molar-refractivity contribution in [3.63, 3.8) is 0 Å². The van der Waals surface area contributed by atoms with E-state index in [-0.39, 0.29) is 11.3 Å². The Morgan fingerprint density at radius 3 is 2.19 bits per heavy atom. The molecule has 0 bridgehead atoms. The van der Waals surface area contributed by atoms with Crippen LogP contribution in [-0.2, 0) is 15.8 Å². The average Bonchev–Trinajstić information content (AvgIpc) is 2.92. The fourth-order valence-corrected chi connectivity index (χ4v) is 7.11. The van der Waals surface area contributed by atoms with Gasteiger partial charge in [-0.2, -0.15) is 14.1 Å². The number of thioether (sulfide) groups is 1. The van der Waals surface area contributed by atoms with Crippen LogP contribution < -0.4 is 10.5 Å². The van der Waals surface area contributed by atoms with E-state index in [2.05, 4.69) is 16.9 Å². The van der Waals surface area contributed by atoms with E-state index in [9.17, 15) is 13.2 Å². The van der Waals surface area contributed by atoms with Crippen LogP contribution in [0.4, 0.5) is 5.69 Å². The lowest BCUT2D eigenvalue weighted by molar-refractivity contribution is 0.383. The Balaban J connectivity index is 1.49. The van der Waals surface area contributed by atoms with Gasteiger partial charge >= 0.3 is 0 Å². The summed E-state index contributed by atoms with van der Waals surface area (Å²) in [5.74, 6) is 0.873. The van der Waals surface area contributed by atoms with Gasteiger partial charge in [-0.05, 0) is 29.9 Å². The molecule has 0 spiro atoms. The molecule has 0 atom stereocenters. The first-order chi connectivity index (χ1) is 18.0. The molecule has 4 rings (SSSR count). The maximum atomic E-state index is 13.6. The van der Waals surface area contributed by atoms with Crippen LogP contribution >= 0.6 is 11.8 Å². The molecule has 0 saturated carbocycles. The minimum absolute atomic E-state index is 0.00164. The van der Waals surface area contributed by atoms with E-state index >= 15 is 0 Å². The maximum Gasteiger partial charge on any atom is 0.287 e. The Morgan fingerprint density at radius 1 is 0.865 bits per heavy atom. The molecule has 0 unspecified atom stereocenters. The van der Waals surface area contributed by atoms with Gasteiger partial charge in [0.2, 0.25) is 10.0 Å². The van der Waals surface area contributed by atoms with Crippen molar-refractivity contribution in [2.75, 3.05) is 36.8 Å². The monoisotopic (exact) mass is 540 g/mol. The lowest BCUT2D eigenvalue weighted by Gasteiger charge is -2.36. The van der Waals surface area contributed by atoms with Gasteiger partial charge in [-0.15, -0.1) is 11.8 Å². The fourth-order valence-electron chi connectivity index (χ4n) is 4.51. The SMILES string of the molecule is CCCCCCCSc1c(N2CCN(S(=O)(=O)Cc3ccccc3)CC2)cnn(-c2ccccc2)c1=O. The van der Waals surface area contributed by atoms with Crippen LogP contribution in [-0.4, -0.2) is 54.4 Å². The van der Waals surface area contributed by atoms with Gasteiger partial charge in [0.25, 0.3) is 5.56 Å². The molecular formula is C28H36N4O3S2. The third kappa shape index (κ3) is 7.24. The number of anilines is 1. The third-order valence-electron chi connectivity index (χ3n) is 6.57. The number of benzene rings is 2. The Labute approximate surface area is 224 Å². The quantitative estimate of drug-likeness (QED) is 0.239. The molecule has 0 N–H and O–H groups in total. The summed E-state index contributed by atoms with van der Waals surface area (Å²) in [6.45, 7) is 4.02. The van der Waals surface area contributed by atoms with Gasteiger partial charge in [0, 0.05) is 26.2 Å². The molecule has 0 aliphatic carbocycles. The van der Waals surface area contributed by atoms with E-state index in [4.69, 9.17) is 0 Å². The van der Waals surface area contributed by atoms with Gasteiger partial charge in [-0.3, -0.25) is 4.79 Å². The number of rotatable bonds is 12. The molecule has 37 heavy (non-hydrogen) atoms. The Morgan fingerprint density at radius 2 is 1.51 bits per heavy atom. The van der Waals surface area contributed by atoms with E-state index in [1.165, 1.54) is 23.9 Å². The molecule has 2 heterocycles. The van der Waals surface area contributed by atoms with Gasteiger partial charge in [0.15, 0.2) is 0 Å². The lowest BCUT2D eigenvalue weighted by Crippen LogP contribution is -2.49. The van der Waals surface area contributed by atoms with E-state index in [0.29, 0.717) is 31.1 Å². The minimum atomic E-state index is -3.41. The summed E-state index contributed by atoms with van der Waals surface area (Å²) in [6, 6.07) is 18.7. The normalized spacial score (nSPS) is 14.7. The second kappa shape index (κ2) is 13.3. The summed E-state index contributed by atoms with van der Waals surface area (Å²) in [5.41, 5.74) is 2.20. The van der Waals surface area contributed by atoms with Gasteiger partial charge in [0.1, 0.15) is 0 Å². The molecule has 1 saturated heterocycles. The zero-order valence-electron chi connectivity index (χ0n) is 21.5. The first-order valence-corrected chi connectivity index (χ1v) is 15.7. The zero-order valence-corrected chi connectivity index (χ0v) is 23.1. The number of sulfonamides is 1. The van der Waals surface area contributed by atoms with Crippen molar-refractivity contribution in [2.24, 2.45) is 0 Å². The summed E-state index contributed by atoms with van der Waals surface area (Å²) < 4.78 is 29.0. The number of hydrogen-bond donors (Lipinski definition) is 0. The predicted octanol–water partition coefficient (Wildman–Crippen LogP) is 4.95. The molecule has 3 aromatic rings. The molecule has 1 aromatic heterocycles. The first kappa shape index (κ1) is 27.4. The number of nitrogens with zero attached hydrogens (tertiary/aromatic N) is 4. The molecule has 2 aromatic carbocycles. The van der Waals surface area contributed by atoms with Gasteiger partial charge in [-0.1, -0.05) is 81.1 Å². The van der Waals surface area contributed by atoms with Crippen molar-refractivity contribution in [1.29, 1.82) is 0 Å². The topological polar surface area (TPSA) is 75.5 Å². The Bertz CT molecular complexity index is 1290. The standard InChI is InChI=1S/C28H36N4O3S2/c1-2-3-4-5-12-21-36-27-26(22-29-32(28(27)33)25-15-10-7-11-16-25)30-17-19-31(20-18-30)37(34,35)23-24-13-8-6-9-14-24/h6-11,13-16,22H,2-5,12,17-21,23H2,1H3. The van der Waals surface area contributed by atoms with Crippen LogP contribution in [0.2, 0.25) is 0 Å². The van der Waals surface area contributed by atoms with Crippen LogP contribution in [0.1, 0.15) is 44.6 Å². The number of para-hydroxylation sites is 1. The first-order valence-electron chi connectivity index (χ1n) is 13.1. The van der Waals surface area contributed by atoms with Crippen LogP contribution in [0, 0.1) is 0 Å². The molecule has 1 fully saturated rings. The van der Waals surface area contributed by atoms with Crippen LogP contribution in [0.3, 0.4) is 0 Å². The average molecular weight is 541 g/mol. The number of unbranched alkanes of at least 4 members (excludes halogenated alkanes) is 4. The molecular weight excluding hydrogens is 504 g/mol. The van der Waals surface area contributed by atoms with E-state index in [1.54, 1.807) is 22.3 Å². The summed E-state index contributed by atoms with van der Waals surface area (Å²) >= 11 is 1.60. The highest BCUT2D eigenvalue weighted by molar-refractivity contribution is 7.99. The molecule has 0 radical (unpaired) electrons. The minimum Gasteiger partial charge on any atom is -0.367 e. The second-order valence-corrected chi connectivity index (χ2v) is 12.4. The van der Waals surface area contributed by atoms with Crippen molar-refractivity contribution in [3.8, 4) is 5.69 Å². The largest absolute Gasteiger partial charge is 0.367 e. The molecule has 0 amide bonds. The summed E-state index contributed by atoms with van der Waals surface area (Å²) in [5, 5.41) is 4.49. The van der Waals surface area contributed by atoms with Gasteiger partial charge < -0.3 is 4.90 Å². The second-order valence-electron chi connectivity index (χ2n) is 9.30. The van der Waals surface area contributed by atoms with E-state index in [1.807, 2.05) is 60.7 Å². The molecule has 1 aliphatic heterocycles. The van der Waals surface area contributed by atoms with Crippen LogP contribution in [0.5, 0.6) is 0 Å². The van der Waals surface area contributed by atoms with Crippen molar-refractivity contribution in [1.82, 2.24) is 14.1 Å². The Hall–Kier alpha value is -2.62. The third-order valence-corrected chi connectivity index (χ3v) is 9.59. The van der Waals surface area contributed by atoms with Crippen molar-refractivity contribution in [3.05, 3.63) is 82.8 Å².